The van der Waals surface area contributed by atoms with Crippen LogP contribution in [0.15, 0.2) is 24.3 Å². The number of amides is 1. The average Bonchev–Trinajstić information content (AvgIpc) is 2.48. The molecule has 0 unspecified atom stereocenters. The summed E-state index contributed by atoms with van der Waals surface area (Å²) in [5.41, 5.74) is 6.29. The molecule has 0 aliphatic rings. The van der Waals surface area contributed by atoms with E-state index in [1.807, 2.05) is 12.1 Å². The van der Waals surface area contributed by atoms with Gasteiger partial charge in [0.2, 0.25) is 0 Å². The van der Waals surface area contributed by atoms with Crippen molar-refractivity contribution in [3.8, 4) is 5.75 Å². The molecule has 0 atom stereocenters. The number of nitrogen functional groups attached to an aromatic ring is 1. The Hall–Kier alpha value is -2.24. The Labute approximate surface area is 124 Å². The molecule has 0 aliphatic carbocycles. The smallest absolute Gasteiger partial charge is 0.396 e. The molecule has 6 nitrogen and oxygen atoms in total. The minimum atomic E-state index is -0.829. The maximum Gasteiger partial charge on any atom is 0.396 e. The first-order valence-corrected chi connectivity index (χ1v) is 7.06. The Morgan fingerprint density at radius 2 is 1.86 bits per heavy atom. The minimum absolute atomic E-state index is 0.203. The van der Waals surface area contributed by atoms with Gasteiger partial charge in [-0.1, -0.05) is 0 Å². The van der Waals surface area contributed by atoms with Gasteiger partial charge in [-0.05, 0) is 50.5 Å². The van der Waals surface area contributed by atoms with Crippen molar-refractivity contribution >= 4 is 17.6 Å². The Morgan fingerprint density at radius 1 is 1.14 bits per heavy atom. The molecular formula is C15H22N2O4. The fourth-order valence-corrected chi connectivity index (χ4v) is 1.63. The number of carbonyl (C=O) groups excluding carboxylic acids is 2. The molecule has 0 saturated carbocycles. The monoisotopic (exact) mass is 294 g/mol. The molecule has 0 spiro atoms. The van der Waals surface area contributed by atoms with E-state index in [0.717, 1.165) is 25.0 Å². The Bertz CT molecular complexity index is 445. The molecule has 0 heterocycles. The number of hydrogen-bond acceptors (Lipinski definition) is 5. The fourth-order valence-electron chi connectivity index (χ4n) is 1.63. The van der Waals surface area contributed by atoms with Crippen molar-refractivity contribution < 1.29 is 19.1 Å². The van der Waals surface area contributed by atoms with Gasteiger partial charge in [-0.2, -0.15) is 0 Å². The van der Waals surface area contributed by atoms with Gasteiger partial charge in [-0.3, -0.25) is 4.79 Å². The van der Waals surface area contributed by atoms with Crippen molar-refractivity contribution in [1.29, 1.82) is 0 Å². The van der Waals surface area contributed by atoms with Crippen molar-refractivity contribution in [3.05, 3.63) is 24.3 Å². The zero-order valence-electron chi connectivity index (χ0n) is 12.3. The van der Waals surface area contributed by atoms with Gasteiger partial charge < -0.3 is 20.5 Å². The Kier molecular flexibility index (Phi) is 7.71. The molecule has 1 aromatic rings. The van der Waals surface area contributed by atoms with Crippen LogP contribution in [0.4, 0.5) is 5.69 Å². The van der Waals surface area contributed by atoms with Gasteiger partial charge in [0.15, 0.2) is 0 Å². The summed E-state index contributed by atoms with van der Waals surface area (Å²) in [6, 6.07) is 7.24. The molecule has 1 rings (SSSR count). The van der Waals surface area contributed by atoms with E-state index in [2.05, 4.69) is 10.1 Å². The quantitative estimate of drug-likeness (QED) is 0.328. The highest BCUT2D eigenvalue weighted by Gasteiger charge is 2.12. The molecule has 0 bridgehead atoms. The van der Waals surface area contributed by atoms with Crippen LogP contribution >= 0.6 is 0 Å². The van der Waals surface area contributed by atoms with E-state index in [1.54, 1.807) is 19.1 Å². The molecular weight excluding hydrogens is 272 g/mol. The van der Waals surface area contributed by atoms with Crippen LogP contribution in [0.5, 0.6) is 5.75 Å². The predicted molar refractivity (Wildman–Crippen MR) is 79.8 cm³/mol. The topological polar surface area (TPSA) is 90.7 Å². The standard InChI is InChI=1S/C15H22N2O4/c1-2-20-15(19)14(18)17-10-4-3-5-11-21-13-8-6-12(16)7-9-13/h6-9H,2-5,10-11,16H2,1H3,(H,17,18). The second-order valence-corrected chi connectivity index (χ2v) is 4.45. The number of rotatable bonds is 8. The van der Waals surface area contributed by atoms with E-state index in [9.17, 15) is 9.59 Å². The van der Waals surface area contributed by atoms with Crippen LogP contribution in [0, 0.1) is 0 Å². The summed E-state index contributed by atoms with van der Waals surface area (Å²) in [6.45, 7) is 2.93. The Morgan fingerprint density at radius 3 is 2.52 bits per heavy atom. The highest BCUT2D eigenvalue weighted by Crippen LogP contribution is 2.13. The van der Waals surface area contributed by atoms with Gasteiger partial charge in [0, 0.05) is 12.2 Å². The summed E-state index contributed by atoms with van der Waals surface area (Å²) in [5.74, 6) is -0.723. The molecule has 0 aromatic heterocycles. The third kappa shape index (κ3) is 7.20. The minimum Gasteiger partial charge on any atom is -0.494 e. The average molecular weight is 294 g/mol. The first-order chi connectivity index (χ1) is 10.1. The number of nitrogens with one attached hydrogen (secondary N) is 1. The summed E-state index contributed by atoms with van der Waals surface area (Å²) >= 11 is 0. The zero-order valence-corrected chi connectivity index (χ0v) is 12.3. The molecule has 3 N–H and O–H groups in total. The molecule has 116 valence electrons. The largest absolute Gasteiger partial charge is 0.494 e. The second kappa shape index (κ2) is 9.63. The maximum absolute atomic E-state index is 11.2. The van der Waals surface area contributed by atoms with E-state index in [0.29, 0.717) is 18.8 Å². The first-order valence-electron chi connectivity index (χ1n) is 7.06. The lowest BCUT2D eigenvalue weighted by molar-refractivity contribution is -0.154. The molecule has 6 heteroatoms. The lowest BCUT2D eigenvalue weighted by atomic mass is 10.2. The highest BCUT2D eigenvalue weighted by atomic mass is 16.5. The molecule has 0 saturated heterocycles. The van der Waals surface area contributed by atoms with E-state index in [1.165, 1.54) is 0 Å². The fraction of sp³-hybridized carbons (Fsp3) is 0.467. The molecule has 1 aromatic carbocycles. The molecule has 1 amide bonds. The first kappa shape index (κ1) is 16.8. The summed E-state index contributed by atoms with van der Waals surface area (Å²) < 4.78 is 10.1. The van der Waals surface area contributed by atoms with Gasteiger partial charge in [0.05, 0.1) is 13.2 Å². The highest BCUT2D eigenvalue weighted by molar-refractivity contribution is 6.32. The normalized spacial score (nSPS) is 9.95. The van der Waals surface area contributed by atoms with Crippen LogP contribution in [-0.4, -0.2) is 31.6 Å². The van der Waals surface area contributed by atoms with Crippen LogP contribution in [0.1, 0.15) is 26.2 Å². The van der Waals surface area contributed by atoms with Crippen LogP contribution < -0.4 is 15.8 Å². The number of benzene rings is 1. The second-order valence-electron chi connectivity index (χ2n) is 4.45. The summed E-state index contributed by atoms with van der Waals surface area (Å²) in [4.78, 5) is 22.2. The SMILES string of the molecule is CCOC(=O)C(=O)NCCCCCOc1ccc(N)cc1. The van der Waals surface area contributed by atoms with E-state index in [4.69, 9.17) is 10.5 Å². The Balaban J connectivity index is 2.01. The lowest BCUT2D eigenvalue weighted by Crippen LogP contribution is -2.33. The van der Waals surface area contributed by atoms with E-state index < -0.39 is 11.9 Å². The van der Waals surface area contributed by atoms with Gasteiger partial charge in [-0.15, -0.1) is 0 Å². The number of anilines is 1. The van der Waals surface area contributed by atoms with Crippen molar-refractivity contribution in [1.82, 2.24) is 5.32 Å². The van der Waals surface area contributed by atoms with Crippen molar-refractivity contribution in [2.45, 2.75) is 26.2 Å². The number of hydrogen-bond donors (Lipinski definition) is 2. The molecule has 0 fully saturated rings. The van der Waals surface area contributed by atoms with E-state index >= 15 is 0 Å². The zero-order chi connectivity index (χ0) is 15.5. The van der Waals surface area contributed by atoms with Crippen molar-refractivity contribution in [2.24, 2.45) is 0 Å². The third-order valence-electron chi connectivity index (χ3n) is 2.72. The van der Waals surface area contributed by atoms with Crippen molar-refractivity contribution in [2.75, 3.05) is 25.5 Å². The van der Waals surface area contributed by atoms with Gasteiger partial charge >= 0.3 is 11.9 Å². The summed E-state index contributed by atoms with van der Waals surface area (Å²) in [5, 5.41) is 2.51. The number of esters is 1. The van der Waals surface area contributed by atoms with Crippen LogP contribution in [0.2, 0.25) is 0 Å². The summed E-state index contributed by atoms with van der Waals surface area (Å²) in [6.07, 6.45) is 2.56. The third-order valence-corrected chi connectivity index (χ3v) is 2.72. The number of carbonyl (C=O) groups is 2. The van der Waals surface area contributed by atoms with Gasteiger partial charge in [0.25, 0.3) is 0 Å². The molecule has 0 radical (unpaired) electrons. The maximum atomic E-state index is 11.2. The number of unbranched alkanes of at least 4 members (excludes halogenated alkanes) is 2. The van der Waals surface area contributed by atoms with Gasteiger partial charge in [0.1, 0.15) is 5.75 Å². The van der Waals surface area contributed by atoms with Crippen LogP contribution in [-0.2, 0) is 14.3 Å². The van der Waals surface area contributed by atoms with Crippen LogP contribution in [0.25, 0.3) is 0 Å². The predicted octanol–water partition coefficient (Wildman–Crippen LogP) is 1.50. The lowest BCUT2D eigenvalue weighted by Gasteiger charge is -2.07. The summed E-state index contributed by atoms with van der Waals surface area (Å²) in [7, 11) is 0. The number of nitrogens with two attached hydrogens (primary N) is 1. The van der Waals surface area contributed by atoms with E-state index in [-0.39, 0.29) is 6.61 Å². The molecule has 21 heavy (non-hydrogen) atoms. The van der Waals surface area contributed by atoms with Crippen LogP contribution in [0.3, 0.4) is 0 Å². The van der Waals surface area contributed by atoms with Gasteiger partial charge in [-0.25, -0.2) is 4.79 Å². The molecule has 0 aliphatic heterocycles. The van der Waals surface area contributed by atoms with Crippen molar-refractivity contribution in [3.63, 3.8) is 0 Å². The number of ether oxygens (including phenoxy) is 2.